The Morgan fingerprint density at radius 2 is 1.80 bits per heavy atom. The fraction of sp³-hybridized carbons (Fsp3) is 0.400. The first-order chi connectivity index (χ1) is 9.61. The zero-order chi connectivity index (χ0) is 14.3. The Morgan fingerprint density at radius 1 is 1.10 bits per heavy atom. The smallest absolute Gasteiger partial charge is 0.185 e. The molecule has 0 atom stereocenters. The van der Waals surface area contributed by atoms with Crippen molar-refractivity contribution in [3.8, 4) is 0 Å². The Balaban J connectivity index is 2.28. The number of pyridine rings is 1. The number of hydrogen-bond acceptors (Lipinski definition) is 2. The average Bonchev–Trinajstić information content (AvgIpc) is 2.97. The van der Waals surface area contributed by atoms with Gasteiger partial charge in [-0.15, -0.1) is 0 Å². The van der Waals surface area contributed by atoms with Crippen LogP contribution < -0.4 is 5.32 Å². The van der Waals surface area contributed by atoms with E-state index in [0.717, 1.165) is 25.7 Å². The maximum absolute atomic E-state index is 13.9. The highest BCUT2D eigenvalue weighted by atomic mass is 19.2. The first kappa shape index (κ1) is 13.2. The molecule has 1 aliphatic carbocycles. The van der Waals surface area contributed by atoms with Crippen LogP contribution in [0.5, 0.6) is 0 Å². The molecule has 5 heteroatoms. The van der Waals surface area contributed by atoms with Crippen molar-refractivity contribution in [2.75, 3.05) is 12.4 Å². The molecule has 20 heavy (non-hydrogen) atoms. The van der Waals surface area contributed by atoms with Crippen molar-refractivity contribution in [3.63, 3.8) is 0 Å². The molecule has 1 aliphatic rings. The molecule has 0 spiro atoms. The minimum Gasteiger partial charge on any atom is -0.387 e. The molecular weight excluding hydrogens is 265 g/mol. The normalized spacial score (nSPS) is 16.0. The molecule has 106 valence electrons. The highest BCUT2D eigenvalue weighted by molar-refractivity contribution is 5.92. The van der Waals surface area contributed by atoms with Crippen LogP contribution in [0.3, 0.4) is 0 Å². The van der Waals surface area contributed by atoms with Gasteiger partial charge in [-0.2, -0.15) is 0 Å². The van der Waals surface area contributed by atoms with Crippen molar-refractivity contribution in [1.82, 2.24) is 4.98 Å². The molecule has 0 radical (unpaired) electrons. The SMILES string of the molecule is CNc1cc(C2CCCC2)nc2c(F)c(F)cc(F)c12. The van der Waals surface area contributed by atoms with Crippen molar-refractivity contribution < 1.29 is 13.2 Å². The molecule has 0 aliphatic heterocycles. The average molecular weight is 280 g/mol. The van der Waals surface area contributed by atoms with Gasteiger partial charge in [-0.05, 0) is 18.9 Å². The Morgan fingerprint density at radius 3 is 2.45 bits per heavy atom. The molecule has 0 saturated heterocycles. The maximum atomic E-state index is 13.9. The molecule has 1 aromatic heterocycles. The Kier molecular flexibility index (Phi) is 3.28. The van der Waals surface area contributed by atoms with E-state index in [1.807, 2.05) is 0 Å². The maximum Gasteiger partial charge on any atom is 0.185 e. The third-order valence-electron chi connectivity index (χ3n) is 3.99. The van der Waals surface area contributed by atoms with E-state index in [9.17, 15) is 13.2 Å². The van der Waals surface area contributed by atoms with Crippen molar-refractivity contribution in [3.05, 3.63) is 35.3 Å². The third kappa shape index (κ3) is 2.01. The van der Waals surface area contributed by atoms with E-state index < -0.39 is 17.5 Å². The van der Waals surface area contributed by atoms with Gasteiger partial charge in [0.25, 0.3) is 0 Å². The summed E-state index contributed by atoms with van der Waals surface area (Å²) in [6.45, 7) is 0. The molecule has 2 nitrogen and oxygen atoms in total. The summed E-state index contributed by atoms with van der Waals surface area (Å²) in [5.74, 6) is -2.84. The zero-order valence-corrected chi connectivity index (χ0v) is 11.1. The zero-order valence-electron chi connectivity index (χ0n) is 11.1. The van der Waals surface area contributed by atoms with Gasteiger partial charge >= 0.3 is 0 Å². The summed E-state index contributed by atoms with van der Waals surface area (Å²) in [6, 6.07) is 2.31. The summed E-state index contributed by atoms with van der Waals surface area (Å²) in [7, 11) is 1.63. The van der Waals surface area contributed by atoms with Crippen LogP contribution >= 0.6 is 0 Å². The highest BCUT2D eigenvalue weighted by Crippen LogP contribution is 2.37. The van der Waals surface area contributed by atoms with Crippen molar-refractivity contribution >= 4 is 16.6 Å². The third-order valence-corrected chi connectivity index (χ3v) is 3.99. The molecule has 1 heterocycles. The van der Waals surface area contributed by atoms with Gasteiger partial charge in [0.1, 0.15) is 11.3 Å². The van der Waals surface area contributed by atoms with E-state index in [2.05, 4.69) is 10.3 Å². The Hall–Kier alpha value is -1.78. The van der Waals surface area contributed by atoms with E-state index in [1.165, 1.54) is 0 Å². The van der Waals surface area contributed by atoms with Crippen LogP contribution in [-0.2, 0) is 0 Å². The van der Waals surface area contributed by atoms with Gasteiger partial charge in [0.15, 0.2) is 11.6 Å². The van der Waals surface area contributed by atoms with Gasteiger partial charge in [0, 0.05) is 30.4 Å². The standard InChI is InChI=1S/C15H15F3N2/c1-19-12-7-11(8-4-2-3-5-8)20-15-13(12)9(16)6-10(17)14(15)18/h6-8H,2-5H2,1H3,(H,19,20). The minimum absolute atomic E-state index is 0.00754. The van der Waals surface area contributed by atoms with E-state index in [0.29, 0.717) is 17.4 Å². The van der Waals surface area contributed by atoms with Crippen LogP contribution in [0.1, 0.15) is 37.3 Å². The summed E-state index contributed by atoms with van der Waals surface area (Å²) in [4.78, 5) is 4.19. The van der Waals surface area contributed by atoms with Crippen LogP contribution in [0.25, 0.3) is 10.9 Å². The quantitative estimate of drug-likeness (QED) is 0.827. The van der Waals surface area contributed by atoms with Gasteiger partial charge < -0.3 is 5.32 Å². The summed E-state index contributed by atoms with van der Waals surface area (Å²) in [5.41, 5.74) is 0.938. The van der Waals surface area contributed by atoms with Crippen molar-refractivity contribution in [1.29, 1.82) is 0 Å². The van der Waals surface area contributed by atoms with Crippen molar-refractivity contribution in [2.24, 2.45) is 0 Å². The lowest BCUT2D eigenvalue weighted by Crippen LogP contribution is -2.04. The monoisotopic (exact) mass is 280 g/mol. The second-order valence-electron chi connectivity index (χ2n) is 5.20. The molecule has 2 aromatic rings. The lowest BCUT2D eigenvalue weighted by atomic mass is 10.0. The first-order valence-corrected chi connectivity index (χ1v) is 6.77. The van der Waals surface area contributed by atoms with Gasteiger partial charge in [0.05, 0.1) is 5.39 Å². The molecule has 0 unspecified atom stereocenters. The van der Waals surface area contributed by atoms with Gasteiger partial charge in [-0.1, -0.05) is 12.8 Å². The number of fused-ring (bicyclic) bond motifs is 1. The Labute approximate surface area is 115 Å². The number of rotatable bonds is 2. The van der Waals surface area contributed by atoms with Crippen LogP contribution in [0.4, 0.5) is 18.9 Å². The molecule has 1 N–H and O–H groups in total. The van der Waals surface area contributed by atoms with Crippen LogP contribution in [0.15, 0.2) is 12.1 Å². The summed E-state index contributed by atoms with van der Waals surface area (Å²) >= 11 is 0. The predicted molar refractivity (Wildman–Crippen MR) is 72.4 cm³/mol. The molecule has 0 amide bonds. The van der Waals surface area contributed by atoms with Crippen LogP contribution in [0.2, 0.25) is 0 Å². The number of halogens is 3. The fourth-order valence-corrected chi connectivity index (χ4v) is 2.95. The highest BCUT2D eigenvalue weighted by Gasteiger charge is 2.23. The van der Waals surface area contributed by atoms with E-state index >= 15 is 0 Å². The summed E-state index contributed by atoms with van der Waals surface area (Å²) < 4.78 is 41.2. The second-order valence-corrected chi connectivity index (χ2v) is 5.20. The fourth-order valence-electron chi connectivity index (χ4n) is 2.95. The Bertz CT molecular complexity index is 664. The molecule has 1 fully saturated rings. The van der Waals surface area contributed by atoms with Gasteiger partial charge in [-0.25, -0.2) is 18.2 Å². The van der Waals surface area contributed by atoms with Gasteiger partial charge in [0.2, 0.25) is 0 Å². The molecule has 1 saturated carbocycles. The molecular formula is C15H15F3N2. The second kappa shape index (κ2) is 4.96. The summed E-state index contributed by atoms with van der Waals surface area (Å²) in [6.07, 6.45) is 4.20. The number of aromatic nitrogens is 1. The summed E-state index contributed by atoms with van der Waals surface area (Å²) in [5, 5.41) is 2.86. The van der Waals surface area contributed by atoms with Crippen LogP contribution in [0, 0.1) is 17.5 Å². The first-order valence-electron chi connectivity index (χ1n) is 6.77. The number of nitrogens with one attached hydrogen (secondary N) is 1. The van der Waals surface area contributed by atoms with E-state index in [-0.39, 0.29) is 16.8 Å². The van der Waals surface area contributed by atoms with E-state index in [1.54, 1.807) is 13.1 Å². The number of nitrogens with zero attached hydrogens (tertiary/aromatic N) is 1. The molecule has 1 aromatic carbocycles. The van der Waals surface area contributed by atoms with E-state index in [4.69, 9.17) is 0 Å². The van der Waals surface area contributed by atoms with Gasteiger partial charge in [-0.3, -0.25) is 0 Å². The topological polar surface area (TPSA) is 24.9 Å². The lowest BCUT2D eigenvalue weighted by molar-refractivity contribution is 0.503. The molecule has 0 bridgehead atoms. The lowest BCUT2D eigenvalue weighted by Gasteiger charge is -2.14. The number of hydrogen-bond donors (Lipinski definition) is 1. The number of benzene rings is 1. The molecule has 3 rings (SSSR count). The predicted octanol–water partition coefficient (Wildman–Crippen LogP) is 4.35. The minimum atomic E-state index is -1.20. The number of anilines is 1. The van der Waals surface area contributed by atoms with Crippen molar-refractivity contribution in [2.45, 2.75) is 31.6 Å². The largest absolute Gasteiger partial charge is 0.387 e. The van der Waals surface area contributed by atoms with Crippen LogP contribution in [-0.4, -0.2) is 12.0 Å².